The number of unbranched alkanes of at least 4 members (excludes halogenated alkanes) is 3. The third-order valence-electron chi connectivity index (χ3n) is 2.26. The molecule has 0 fully saturated rings. The van der Waals surface area contributed by atoms with E-state index in [1.54, 1.807) is 0 Å². The van der Waals surface area contributed by atoms with Gasteiger partial charge in [0.1, 0.15) is 6.10 Å². The number of benzene rings is 1. The van der Waals surface area contributed by atoms with Crippen molar-refractivity contribution in [2.24, 2.45) is 0 Å². The molecular weight excluding hydrogens is 184 g/mol. The number of aliphatic hydroxyl groups excluding tert-OH is 1. The fourth-order valence-corrected chi connectivity index (χ4v) is 1.35. The highest BCUT2D eigenvalue weighted by molar-refractivity contribution is 5.24. The Bertz CT molecular complexity index is 318. The van der Waals surface area contributed by atoms with Crippen LogP contribution in [0.3, 0.4) is 0 Å². The van der Waals surface area contributed by atoms with E-state index in [1.807, 2.05) is 30.3 Å². The minimum atomic E-state index is -0.632. The zero-order valence-electron chi connectivity index (χ0n) is 9.24. The van der Waals surface area contributed by atoms with Gasteiger partial charge in [0.15, 0.2) is 0 Å². The van der Waals surface area contributed by atoms with Gasteiger partial charge in [-0.2, -0.15) is 0 Å². The van der Waals surface area contributed by atoms with Crippen molar-refractivity contribution in [1.82, 2.24) is 0 Å². The van der Waals surface area contributed by atoms with Gasteiger partial charge in [-0.1, -0.05) is 56.0 Å². The lowest BCUT2D eigenvalue weighted by Crippen LogP contribution is -1.92. The van der Waals surface area contributed by atoms with Crippen molar-refractivity contribution in [3.05, 3.63) is 35.9 Å². The van der Waals surface area contributed by atoms with Crippen molar-refractivity contribution >= 4 is 0 Å². The van der Waals surface area contributed by atoms with E-state index in [0.29, 0.717) is 0 Å². The standard InChI is InChI=1S/C14H18O/c1-2-3-4-5-9-12-14(15)13-10-7-6-8-11-13/h6-8,10-11,14-15H,2-5H2,1H3/t14-/m1/s1. The van der Waals surface area contributed by atoms with E-state index < -0.39 is 6.10 Å². The quantitative estimate of drug-likeness (QED) is 0.586. The van der Waals surface area contributed by atoms with Crippen molar-refractivity contribution in [3.63, 3.8) is 0 Å². The van der Waals surface area contributed by atoms with Gasteiger partial charge in [0.25, 0.3) is 0 Å². The van der Waals surface area contributed by atoms with E-state index in [2.05, 4.69) is 18.8 Å². The Morgan fingerprint density at radius 2 is 1.93 bits per heavy atom. The van der Waals surface area contributed by atoms with E-state index in [4.69, 9.17) is 0 Å². The second-order valence-electron chi connectivity index (χ2n) is 3.59. The Morgan fingerprint density at radius 3 is 2.60 bits per heavy atom. The second kappa shape index (κ2) is 7.09. The molecule has 0 unspecified atom stereocenters. The average Bonchev–Trinajstić information content (AvgIpc) is 2.30. The molecule has 0 aliphatic rings. The van der Waals surface area contributed by atoms with Crippen molar-refractivity contribution in [1.29, 1.82) is 0 Å². The normalized spacial score (nSPS) is 11.6. The van der Waals surface area contributed by atoms with Crippen molar-refractivity contribution in [2.75, 3.05) is 0 Å². The highest BCUT2D eigenvalue weighted by atomic mass is 16.3. The molecule has 0 spiro atoms. The summed E-state index contributed by atoms with van der Waals surface area (Å²) in [5.74, 6) is 5.88. The number of aliphatic hydroxyl groups is 1. The van der Waals surface area contributed by atoms with E-state index in [9.17, 15) is 5.11 Å². The lowest BCUT2D eigenvalue weighted by atomic mass is 10.1. The van der Waals surface area contributed by atoms with Crippen molar-refractivity contribution < 1.29 is 5.11 Å². The monoisotopic (exact) mass is 202 g/mol. The molecule has 0 radical (unpaired) electrons. The van der Waals surface area contributed by atoms with Gasteiger partial charge in [-0.25, -0.2) is 0 Å². The Kier molecular flexibility index (Phi) is 5.58. The van der Waals surface area contributed by atoms with Crippen molar-refractivity contribution in [2.45, 2.75) is 38.7 Å². The van der Waals surface area contributed by atoms with E-state index in [0.717, 1.165) is 18.4 Å². The highest BCUT2D eigenvalue weighted by Gasteiger charge is 2.00. The first kappa shape index (κ1) is 11.8. The summed E-state index contributed by atoms with van der Waals surface area (Å²) in [4.78, 5) is 0. The Balaban J connectivity index is 2.38. The molecule has 1 atom stereocenters. The summed E-state index contributed by atoms with van der Waals surface area (Å²) in [6, 6.07) is 9.55. The molecule has 0 saturated heterocycles. The Morgan fingerprint density at radius 1 is 1.20 bits per heavy atom. The maximum absolute atomic E-state index is 9.70. The maximum atomic E-state index is 9.70. The van der Waals surface area contributed by atoms with Crippen LogP contribution in [-0.4, -0.2) is 5.11 Å². The lowest BCUT2D eigenvalue weighted by Gasteiger charge is -2.01. The predicted octanol–water partition coefficient (Wildman–Crippen LogP) is 3.30. The van der Waals surface area contributed by atoms with Gasteiger partial charge in [-0.15, -0.1) is 5.92 Å². The van der Waals surface area contributed by atoms with Crippen LogP contribution < -0.4 is 0 Å². The fourth-order valence-electron chi connectivity index (χ4n) is 1.35. The first-order valence-corrected chi connectivity index (χ1v) is 5.56. The Hall–Kier alpha value is -1.26. The van der Waals surface area contributed by atoms with Gasteiger partial charge in [-0.05, 0) is 12.0 Å². The zero-order valence-corrected chi connectivity index (χ0v) is 9.24. The molecule has 0 saturated carbocycles. The van der Waals surface area contributed by atoms with Crippen LogP contribution in [0.15, 0.2) is 30.3 Å². The molecule has 1 nitrogen and oxygen atoms in total. The van der Waals surface area contributed by atoms with Gasteiger partial charge in [0.05, 0.1) is 0 Å². The largest absolute Gasteiger partial charge is 0.376 e. The van der Waals surface area contributed by atoms with Crippen LogP contribution >= 0.6 is 0 Å². The molecule has 1 aromatic rings. The molecule has 80 valence electrons. The molecular formula is C14H18O. The van der Waals surface area contributed by atoms with E-state index in [1.165, 1.54) is 12.8 Å². The van der Waals surface area contributed by atoms with Gasteiger partial charge in [-0.3, -0.25) is 0 Å². The first-order chi connectivity index (χ1) is 7.34. The summed E-state index contributed by atoms with van der Waals surface area (Å²) in [5, 5.41) is 9.70. The molecule has 0 heterocycles. The molecule has 0 aliphatic carbocycles. The summed E-state index contributed by atoms with van der Waals surface area (Å²) >= 11 is 0. The summed E-state index contributed by atoms with van der Waals surface area (Å²) in [5.41, 5.74) is 0.875. The van der Waals surface area contributed by atoms with Crippen LogP contribution in [0.5, 0.6) is 0 Å². The summed E-state index contributed by atoms with van der Waals surface area (Å²) in [6.45, 7) is 2.17. The van der Waals surface area contributed by atoms with Gasteiger partial charge >= 0.3 is 0 Å². The van der Waals surface area contributed by atoms with Crippen LogP contribution in [-0.2, 0) is 0 Å². The number of hydrogen-bond acceptors (Lipinski definition) is 1. The average molecular weight is 202 g/mol. The van der Waals surface area contributed by atoms with Gasteiger partial charge in [0.2, 0.25) is 0 Å². The van der Waals surface area contributed by atoms with Crippen LogP contribution in [0.4, 0.5) is 0 Å². The van der Waals surface area contributed by atoms with Crippen LogP contribution in [0.1, 0.15) is 44.3 Å². The minimum absolute atomic E-state index is 0.632. The molecule has 0 bridgehead atoms. The van der Waals surface area contributed by atoms with Crippen LogP contribution in [0.2, 0.25) is 0 Å². The molecule has 1 N–H and O–H groups in total. The van der Waals surface area contributed by atoms with Crippen LogP contribution in [0.25, 0.3) is 0 Å². The smallest absolute Gasteiger partial charge is 0.140 e. The predicted molar refractivity (Wildman–Crippen MR) is 63.3 cm³/mol. The molecule has 0 aliphatic heterocycles. The molecule has 1 aromatic carbocycles. The fraction of sp³-hybridized carbons (Fsp3) is 0.429. The second-order valence-corrected chi connectivity index (χ2v) is 3.59. The van der Waals surface area contributed by atoms with Gasteiger partial charge in [0, 0.05) is 6.42 Å². The number of hydrogen-bond donors (Lipinski definition) is 1. The van der Waals surface area contributed by atoms with Gasteiger partial charge < -0.3 is 5.11 Å². The van der Waals surface area contributed by atoms with E-state index >= 15 is 0 Å². The summed E-state index contributed by atoms with van der Waals surface area (Å²) in [6.07, 6.45) is 3.81. The summed E-state index contributed by atoms with van der Waals surface area (Å²) in [7, 11) is 0. The first-order valence-electron chi connectivity index (χ1n) is 5.56. The number of rotatable bonds is 4. The molecule has 0 aromatic heterocycles. The lowest BCUT2D eigenvalue weighted by molar-refractivity contribution is 0.238. The van der Waals surface area contributed by atoms with E-state index in [-0.39, 0.29) is 0 Å². The molecule has 15 heavy (non-hydrogen) atoms. The third kappa shape index (κ3) is 4.67. The molecule has 1 heteroatoms. The van der Waals surface area contributed by atoms with Crippen LogP contribution in [0, 0.1) is 11.8 Å². The van der Waals surface area contributed by atoms with Crippen molar-refractivity contribution in [3.8, 4) is 11.8 Å². The third-order valence-corrected chi connectivity index (χ3v) is 2.26. The molecule has 0 amide bonds. The minimum Gasteiger partial charge on any atom is -0.376 e. The molecule has 1 rings (SSSR count). The highest BCUT2D eigenvalue weighted by Crippen LogP contribution is 2.10. The topological polar surface area (TPSA) is 20.2 Å². The SMILES string of the molecule is CCCCCC#C[C@@H](O)c1ccccc1. The maximum Gasteiger partial charge on any atom is 0.140 e. The zero-order chi connectivity index (χ0) is 10.9. The summed E-state index contributed by atoms with van der Waals surface area (Å²) < 4.78 is 0. The Labute approximate surface area is 92.1 Å².